The second-order valence-corrected chi connectivity index (χ2v) is 9.14. The minimum Gasteiger partial charge on any atom is -0.481 e. The molecule has 0 radical (unpaired) electrons. The minimum absolute atomic E-state index is 0.136. The van der Waals surface area contributed by atoms with Gasteiger partial charge in [0.2, 0.25) is 5.91 Å². The third kappa shape index (κ3) is 6.94. The molecule has 3 rings (SSSR count). The van der Waals surface area contributed by atoms with E-state index in [4.69, 9.17) is 15.1 Å². The Balaban J connectivity index is 1.77. The highest BCUT2D eigenvalue weighted by molar-refractivity contribution is 8.00. The Kier molecular flexibility index (Phi) is 9.46. The summed E-state index contributed by atoms with van der Waals surface area (Å²) in [5.41, 5.74) is 5.50. The number of carboxylic acid groups (broad SMARTS) is 2. The number of benzene rings is 3. The standard InChI is InChI=1S/C27H27NO6S/c29-24(30)18-20(19-25(31)32)26(33)28-34-16-17-35-27(21-10-4-1-5-11-21,22-12-6-2-7-13-22)23-14-8-3-9-15-23/h1-15,20H,16-19H2,(H,28,33)(H,29,30)(H,31,32). The Bertz CT molecular complexity index is 996. The molecule has 0 saturated heterocycles. The van der Waals surface area contributed by atoms with Crippen molar-refractivity contribution in [1.29, 1.82) is 0 Å². The summed E-state index contributed by atoms with van der Waals surface area (Å²) in [6, 6.07) is 30.4. The Morgan fingerprint density at radius 1 is 0.743 bits per heavy atom. The van der Waals surface area contributed by atoms with Gasteiger partial charge in [0.1, 0.15) is 0 Å². The molecule has 3 aromatic carbocycles. The average Bonchev–Trinajstić information content (AvgIpc) is 2.87. The van der Waals surface area contributed by atoms with Gasteiger partial charge < -0.3 is 10.2 Å². The van der Waals surface area contributed by atoms with Crippen molar-refractivity contribution in [3.05, 3.63) is 108 Å². The summed E-state index contributed by atoms with van der Waals surface area (Å²) in [6.07, 6.45) is -1.18. The van der Waals surface area contributed by atoms with Gasteiger partial charge in [-0.3, -0.25) is 19.2 Å². The van der Waals surface area contributed by atoms with Gasteiger partial charge in [-0.25, -0.2) is 5.48 Å². The van der Waals surface area contributed by atoms with E-state index in [-0.39, 0.29) is 6.61 Å². The Morgan fingerprint density at radius 2 is 1.14 bits per heavy atom. The normalized spacial score (nSPS) is 11.2. The first-order valence-electron chi connectivity index (χ1n) is 11.1. The Hall–Kier alpha value is -3.62. The van der Waals surface area contributed by atoms with Crippen LogP contribution in [0.5, 0.6) is 0 Å². The third-order valence-corrected chi connectivity index (χ3v) is 6.94. The number of carboxylic acids is 2. The van der Waals surface area contributed by atoms with Crippen molar-refractivity contribution in [3.63, 3.8) is 0 Å². The van der Waals surface area contributed by atoms with E-state index in [1.807, 2.05) is 54.6 Å². The van der Waals surface area contributed by atoms with E-state index in [1.165, 1.54) is 0 Å². The van der Waals surface area contributed by atoms with Crippen LogP contribution in [0.25, 0.3) is 0 Å². The number of rotatable bonds is 13. The van der Waals surface area contributed by atoms with Crippen molar-refractivity contribution < 1.29 is 29.4 Å². The highest BCUT2D eigenvalue weighted by Gasteiger charge is 2.36. The summed E-state index contributed by atoms with van der Waals surface area (Å²) in [5.74, 6) is -3.99. The van der Waals surface area contributed by atoms with E-state index >= 15 is 0 Å². The van der Waals surface area contributed by atoms with Crippen molar-refractivity contribution in [2.24, 2.45) is 5.92 Å². The van der Waals surface area contributed by atoms with Crippen molar-refractivity contribution in [2.45, 2.75) is 17.6 Å². The van der Waals surface area contributed by atoms with Crippen molar-refractivity contribution in [2.75, 3.05) is 12.4 Å². The van der Waals surface area contributed by atoms with Crippen LogP contribution in [0.1, 0.15) is 29.5 Å². The minimum atomic E-state index is -1.25. The van der Waals surface area contributed by atoms with Crippen LogP contribution in [0.2, 0.25) is 0 Å². The van der Waals surface area contributed by atoms with Crippen LogP contribution in [-0.2, 0) is 24.0 Å². The Morgan fingerprint density at radius 3 is 1.51 bits per heavy atom. The molecule has 3 N–H and O–H groups in total. The second kappa shape index (κ2) is 12.7. The third-order valence-electron chi connectivity index (χ3n) is 5.43. The van der Waals surface area contributed by atoms with Crippen LogP contribution in [0.4, 0.5) is 0 Å². The smallest absolute Gasteiger partial charge is 0.304 e. The zero-order chi connectivity index (χ0) is 25.1. The lowest BCUT2D eigenvalue weighted by molar-refractivity contribution is -0.149. The number of nitrogens with one attached hydrogen (secondary N) is 1. The van der Waals surface area contributed by atoms with Gasteiger partial charge in [-0.15, -0.1) is 11.8 Å². The van der Waals surface area contributed by atoms with Crippen LogP contribution in [0.15, 0.2) is 91.0 Å². The summed E-state index contributed by atoms with van der Waals surface area (Å²) >= 11 is 1.65. The largest absolute Gasteiger partial charge is 0.481 e. The van der Waals surface area contributed by atoms with E-state index in [2.05, 4.69) is 41.9 Å². The molecular formula is C27H27NO6S. The maximum atomic E-state index is 12.3. The van der Waals surface area contributed by atoms with E-state index < -0.39 is 41.4 Å². The summed E-state index contributed by atoms with van der Waals surface area (Å²) < 4.78 is -0.535. The highest BCUT2D eigenvalue weighted by atomic mass is 32.2. The molecule has 0 spiro atoms. The maximum Gasteiger partial charge on any atom is 0.304 e. The summed E-state index contributed by atoms with van der Waals surface area (Å²) in [6.45, 7) is 0.136. The van der Waals surface area contributed by atoms with Gasteiger partial charge in [-0.1, -0.05) is 91.0 Å². The number of hydrogen-bond acceptors (Lipinski definition) is 5. The van der Waals surface area contributed by atoms with Crippen LogP contribution < -0.4 is 5.48 Å². The van der Waals surface area contributed by atoms with Gasteiger partial charge in [0.15, 0.2) is 0 Å². The van der Waals surface area contributed by atoms with Crippen LogP contribution in [0.3, 0.4) is 0 Å². The van der Waals surface area contributed by atoms with E-state index in [1.54, 1.807) is 11.8 Å². The average molecular weight is 494 g/mol. The number of aliphatic carboxylic acids is 2. The van der Waals surface area contributed by atoms with Gasteiger partial charge in [-0.05, 0) is 16.7 Å². The van der Waals surface area contributed by atoms with Gasteiger partial charge in [0, 0.05) is 5.75 Å². The molecule has 0 saturated carbocycles. The molecule has 7 nitrogen and oxygen atoms in total. The topological polar surface area (TPSA) is 113 Å². The van der Waals surface area contributed by atoms with E-state index in [9.17, 15) is 14.4 Å². The first-order valence-corrected chi connectivity index (χ1v) is 12.1. The van der Waals surface area contributed by atoms with Gasteiger partial charge in [0.05, 0.1) is 30.1 Å². The summed E-state index contributed by atoms with van der Waals surface area (Å²) in [5, 5.41) is 17.9. The second-order valence-electron chi connectivity index (χ2n) is 7.84. The molecule has 0 aromatic heterocycles. The van der Waals surface area contributed by atoms with Crippen molar-refractivity contribution >= 4 is 29.6 Å². The molecule has 0 atom stereocenters. The molecule has 0 aliphatic rings. The molecule has 0 fully saturated rings. The SMILES string of the molecule is O=C(O)CC(CC(=O)O)C(=O)NOCCSC(c1ccccc1)(c1ccccc1)c1ccccc1. The highest BCUT2D eigenvalue weighted by Crippen LogP contribution is 2.48. The number of hydroxylamine groups is 1. The number of amides is 1. The van der Waals surface area contributed by atoms with E-state index in [0.29, 0.717) is 5.75 Å². The lowest BCUT2D eigenvalue weighted by Crippen LogP contribution is -2.34. The molecule has 0 bridgehead atoms. The fraction of sp³-hybridized carbons (Fsp3) is 0.222. The number of carbonyl (C=O) groups excluding carboxylic acids is 1. The Labute approximate surface area is 208 Å². The zero-order valence-corrected chi connectivity index (χ0v) is 19.8. The molecule has 3 aromatic rings. The molecule has 8 heteroatoms. The lowest BCUT2D eigenvalue weighted by Gasteiger charge is -2.35. The van der Waals surface area contributed by atoms with Crippen molar-refractivity contribution in [3.8, 4) is 0 Å². The van der Waals surface area contributed by atoms with Gasteiger partial charge in [0.25, 0.3) is 0 Å². The lowest BCUT2D eigenvalue weighted by atomic mass is 9.84. The van der Waals surface area contributed by atoms with Gasteiger partial charge >= 0.3 is 11.9 Å². The summed E-state index contributed by atoms with van der Waals surface area (Å²) in [7, 11) is 0. The quantitative estimate of drug-likeness (QED) is 0.185. The van der Waals surface area contributed by atoms with E-state index in [0.717, 1.165) is 16.7 Å². The van der Waals surface area contributed by atoms with Crippen LogP contribution >= 0.6 is 11.8 Å². The fourth-order valence-electron chi connectivity index (χ4n) is 3.89. The molecule has 0 aliphatic heterocycles. The summed E-state index contributed by atoms with van der Waals surface area (Å²) in [4.78, 5) is 39.5. The van der Waals surface area contributed by atoms with Crippen LogP contribution in [-0.4, -0.2) is 40.4 Å². The number of carbonyl (C=O) groups is 3. The molecule has 0 unspecified atom stereocenters. The van der Waals surface area contributed by atoms with Gasteiger partial charge in [-0.2, -0.15) is 0 Å². The molecule has 1 amide bonds. The monoisotopic (exact) mass is 493 g/mol. The zero-order valence-electron chi connectivity index (χ0n) is 19.0. The molecule has 182 valence electrons. The molecular weight excluding hydrogens is 466 g/mol. The fourth-order valence-corrected chi connectivity index (χ4v) is 5.27. The molecule has 35 heavy (non-hydrogen) atoms. The van der Waals surface area contributed by atoms with Crippen molar-refractivity contribution in [1.82, 2.24) is 5.48 Å². The molecule has 0 heterocycles. The predicted octanol–water partition coefficient (Wildman–Crippen LogP) is 4.33. The van der Waals surface area contributed by atoms with Crippen LogP contribution in [0, 0.1) is 5.92 Å². The predicted molar refractivity (Wildman–Crippen MR) is 134 cm³/mol. The maximum absolute atomic E-state index is 12.3. The molecule has 0 aliphatic carbocycles. The first-order chi connectivity index (χ1) is 16.9. The number of thioether (sulfide) groups is 1. The first kappa shape index (κ1) is 26.0. The number of hydrogen-bond donors (Lipinski definition) is 3.